The SMILES string of the molecule is CC[C@@H](C)NC(=O)[C@H](CC)N(CCc1ccccc1)C(=O)CN(c1ccc(F)c(F)c1)S(C)(=O)=O. The summed E-state index contributed by atoms with van der Waals surface area (Å²) in [6.45, 7) is 5.06. The highest BCUT2D eigenvalue weighted by Crippen LogP contribution is 2.21. The van der Waals surface area contributed by atoms with Crippen molar-refractivity contribution in [2.24, 2.45) is 0 Å². The maximum atomic E-state index is 13.8. The maximum Gasteiger partial charge on any atom is 0.244 e. The zero-order valence-electron chi connectivity index (χ0n) is 20.5. The predicted octanol–water partition coefficient (Wildman–Crippen LogP) is 3.50. The third kappa shape index (κ3) is 8.02. The molecular weight excluding hydrogens is 476 g/mol. The van der Waals surface area contributed by atoms with Crippen LogP contribution < -0.4 is 9.62 Å². The molecule has 2 amide bonds. The number of nitrogens with one attached hydrogen (secondary N) is 1. The molecule has 0 aromatic heterocycles. The quantitative estimate of drug-likeness (QED) is 0.475. The Kier molecular flexibility index (Phi) is 10.2. The lowest BCUT2D eigenvalue weighted by Gasteiger charge is -2.33. The molecule has 0 unspecified atom stereocenters. The van der Waals surface area contributed by atoms with Gasteiger partial charge >= 0.3 is 0 Å². The lowest BCUT2D eigenvalue weighted by Crippen LogP contribution is -2.54. The zero-order valence-corrected chi connectivity index (χ0v) is 21.3. The van der Waals surface area contributed by atoms with E-state index in [0.29, 0.717) is 23.6 Å². The molecule has 0 spiro atoms. The number of sulfonamides is 1. The number of anilines is 1. The van der Waals surface area contributed by atoms with E-state index in [4.69, 9.17) is 0 Å². The number of hydrogen-bond donors (Lipinski definition) is 1. The van der Waals surface area contributed by atoms with E-state index in [1.54, 1.807) is 6.92 Å². The predicted molar refractivity (Wildman–Crippen MR) is 132 cm³/mol. The van der Waals surface area contributed by atoms with Crippen LogP contribution in [0.3, 0.4) is 0 Å². The molecule has 0 heterocycles. The summed E-state index contributed by atoms with van der Waals surface area (Å²) in [5.41, 5.74) is 0.767. The molecule has 0 fully saturated rings. The number of amides is 2. The largest absolute Gasteiger partial charge is 0.352 e. The second-order valence-electron chi connectivity index (χ2n) is 8.43. The number of nitrogens with zero attached hydrogens (tertiary/aromatic N) is 2. The highest BCUT2D eigenvalue weighted by Gasteiger charge is 2.32. The van der Waals surface area contributed by atoms with E-state index in [1.807, 2.05) is 44.2 Å². The van der Waals surface area contributed by atoms with Crippen molar-refractivity contribution in [1.29, 1.82) is 0 Å². The molecule has 0 bridgehead atoms. The van der Waals surface area contributed by atoms with E-state index < -0.39 is 40.2 Å². The van der Waals surface area contributed by atoms with Crippen LogP contribution in [0.25, 0.3) is 0 Å². The first-order chi connectivity index (χ1) is 16.5. The summed E-state index contributed by atoms with van der Waals surface area (Å²) >= 11 is 0. The lowest BCUT2D eigenvalue weighted by atomic mass is 10.1. The summed E-state index contributed by atoms with van der Waals surface area (Å²) in [6.07, 6.45) is 2.34. The van der Waals surface area contributed by atoms with Gasteiger partial charge in [0.1, 0.15) is 12.6 Å². The first-order valence-corrected chi connectivity index (χ1v) is 13.4. The molecule has 2 aromatic rings. The van der Waals surface area contributed by atoms with Crippen LogP contribution in [-0.2, 0) is 26.0 Å². The average molecular weight is 510 g/mol. The van der Waals surface area contributed by atoms with Gasteiger partial charge in [-0.15, -0.1) is 0 Å². The number of rotatable bonds is 12. The molecule has 0 aliphatic rings. The van der Waals surface area contributed by atoms with Gasteiger partial charge in [0.05, 0.1) is 11.9 Å². The van der Waals surface area contributed by atoms with Gasteiger partial charge in [0.25, 0.3) is 0 Å². The molecule has 0 radical (unpaired) electrons. The Bertz CT molecular complexity index is 1110. The Morgan fingerprint density at radius 3 is 2.20 bits per heavy atom. The van der Waals surface area contributed by atoms with Crippen molar-refractivity contribution in [3.05, 3.63) is 65.7 Å². The Morgan fingerprint density at radius 1 is 1.00 bits per heavy atom. The first-order valence-electron chi connectivity index (χ1n) is 11.5. The first kappa shape index (κ1) is 28.2. The molecule has 0 saturated heterocycles. The minimum Gasteiger partial charge on any atom is -0.352 e. The Balaban J connectivity index is 2.38. The van der Waals surface area contributed by atoms with Gasteiger partial charge in [0.15, 0.2) is 11.6 Å². The molecule has 2 aromatic carbocycles. The van der Waals surface area contributed by atoms with Gasteiger partial charge in [0, 0.05) is 18.7 Å². The van der Waals surface area contributed by atoms with Crippen molar-refractivity contribution in [3.8, 4) is 0 Å². The Morgan fingerprint density at radius 2 is 1.66 bits per heavy atom. The topological polar surface area (TPSA) is 86.8 Å². The third-order valence-electron chi connectivity index (χ3n) is 5.74. The van der Waals surface area contributed by atoms with Crippen LogP contribution >= 0.6 is 0 Å². The molecule has 2 atom stereocenters. The summed E-state index contributed by atoms with van der Waals surface area (Å²) in [4.78, 5) is 27.9. The summed E-state index contributed by atoms with van der Waals surface area (Å²) in [5, 5.41) is 2.89. The molecule has 2 rings (SSSR count). The molecule has 0 aliphatic heterocycles. The van der Waals surface area contributed by atoms with Gasteiger partial charge < -0.3 is 10.2 Å². The number of benzene rings is 2. The van der Waals surface area contributed by atoms with Crippen LogP contribution in [-0.4, -0.2) is 56.6 Å². The smallest absolute Gasteiger partial charge is 0.244 e. The average Bonchev–Trinajstić information content (AvgIpc) is 2.81. The van der Waals surface area contributed by atoms with Gasteiger partial charge in [-0.25, -0.2) is 17.2 Å². The minimum atomic E-state index is -4.02. The van der Waals surface area contributed by atoms with Crippen molar-refractivity contribution in [2.45, 2.75) is 52.1 Å². The second kappa shape index (κ2) is 12.6. The van der Waals surface area contributed by atoms with Crippen LogP contribution in [0, 0.1) is 11.6 Å². The summed E-state index contributed by atoms with van der Waals surface area (Å²) in [5.74, 6) is -3.32. The highest BCUT2D eigenvalue weighted by molar-refractivity contribution is 7.92. The number of carbonyl (C=O) groups excluding carboxylic acids is 2. The van der Waals surface area contributed by atoms with Crippen LogP contribution in [0.1, 0.15) is 39.2 Å². The zero-order chi connectivity index (χ0) is 26.2. The van der Waals surface area contributed by atoms with Crippen LogP contribution in [0.2, 0.25) is 0 Å². The van der Waals surface area contributed by atoms with Gasteiger partial charge in [0.2, 0.25) is 21.8 Å². The van der Waals surface area contributed by atoms with E-state index >= 15 is 0 Å². The van der Waals surface area contributed by atoms with Gasteiger partial charge in [-0.3, -0.25) is 13.9 Å². The van der Waals surface area contributed by atoms with E-state index in [1.165, 1.54) is 4.90 Å². The number of carbonyl (C=O) groups is 2. The van der Waals surface area contributed by atoms with E-state index in [2.05, 4.69) is 5.32 Å². The van der Waals surface area contributed by atoms with Crippen molar-refractivity contribution in [2.75, 3.05) is 23.7 Å². The molecule has 1 N–H and O–H groups in total. The number of hydrogen-bond acceptors (Lipinski definition) is 4. The van der Waals surface area contributed by atoms with Crippen LogP contribution in [0.4, 0.5) is 14.5 Å². The van der Waals surface area contributed by atoms with Crippen LogP contribution in [0.5, 0.6) is 0 Å². The van der Waals surface area contributed by atoms with Crippen molar-refractivity contribution in [1.82, 2.24) is 10.2 Å². The fourth-order valence-corrected chi connectivity index (χ4v) is 4.43. The summed E-state index contributed by atoms with van der Waals surface area (Å²) in [7, 11) is -4.02. The molecule has 10 heteroatoms. The molecule has 0 saturated carbocycles. The molecule has 35 heavy (non-hydrogen) atoms. The highest BCUT2D eigenvalue weighted by atomic mass is 32.2. The lowest BCUT2D eigenvalue weighted by molar-refractivity contribution is -0.139. The van der Waals surface area contributed by atoms with E-state index in [-0.39, 0.29) is 24.2 Å². The summed E-state index contributed by atoms with van der Waals surface area (Å²) < 4.78 is 52.9. The molecule has 0 aliphatic carbocycles. The number of halogens is 2. The molecular formula is C25H33F2N3O4S. The monoisotopic (exact) mass is 509 g/mol. The van der Waals surface area contributed by atoms with Crippen LogP contribution in [0.15, 0.2) is 48.5 Å². The molecule has 7 nitrogen and oxygen atoms in total. The fourth-order valence-electron chi connectivity index (χ4n) is 3.59. The fraction of sp³-hybridized carbons (Fsp3) is 0.440. The van der Waals surface area contributed by atoms with Gasteiger partial charge in [-0.05, 0) is 43.9 Å². The Labute approximate surface area is 206 Å². The summed E-state index contributed by atoms with van der Waals surface area (Å²) in [6, 6.07) is 11.1. The minimum absolute atomic E-state index is 0.0997. The van der Waals surface area contributed by atoms with E-state index in [9.17, 15) is 26.8 Å². The maximum absolute atomic E-state index is 13.8. The van der Waals surface area contributed by atoms with E-state index in [0.717, 1.165) is 30.0 Å². The normalized spacial score (nSPS) is 13.1. The second-order valence-corrected chi connectivity index (χ2v) is 10.3. The van der Waals surface area contributed by atoms with Gasteiger partial charge in [-0.1, -0.05) is 44.2 Å². The third-order valence-corrected chi connectivity index (χ3v) is 6.88. The van der Waals surface area contributed by atoms with Gasteiger partial charge in [-0.2, -0.15) is 0 Å². The van der Waals surface area contributed by atoms with Crippen molar-refractivity contribution >= 4 is 27.5 Å². The molecule has 192 valence electrons. The standard InChI is InChI=1S/C25H33F2N3O4S/c1-5-18(3)28-25(32)23(6-2)29(15-14-19-10-8-7-9-11-19)24(31)17-30(35(4,33)34)20-12-13-21(26)22(27)16-20/h7-13,16,18,23H,5-6,14-15,17H2,1-4H3,(H,28,32)/t18-,23+/m1/s1. The van der Waals surface area contributed by atoms with Crippen molar-refractivity contribution in [3.63, 3.8) is 0 Å². The van der Waals surface area contributed by atoms with Crippen molar-refractivity contribution < 1.29 is 26.8 Å². The Hall–Kier alpha value is -3.01.